The summed E-state index contributed by atoms with van der Waals surface area (Å²) in [6.07, 6.45) is 6.21. The van der Waals surface area contributed by atoms with E-state index in [0.717, 1.165) is 13.0 Å². The smallest absolute Gasteiger partial charge is 0.113 e. The zero-order valence-corrected chi connectivity index (χ0v) is 10.3. The second kappa shape index (κ2) is 5.91. The monoisotopic (exact) mass is 209 g/mol. The number of nitrogens with one attached hydrogen (secondary N) is 1. The van der Waals surface area contributed by atoms with Gasteiger partial charge in [-0.2, -0.15) is 0 Å². The molecule has 2 unspecified atom stereocenters. The van der Waals surface area contributed by atoms with E-state index in [1.54, 1.807) is 0 Å². The molecule has 1 N–H and O–H groups in total. The molecule has 15 heavy (non-hydrogen) atoms. The molecule has 0 radical (unpaired) electrons. The average molecular weight is 209 g/mol. The molecule has 0 fully saturated rings. The molecule has 1 rings (SSSR count). The van der Waals surface area contributed by atoms with Crippen LogP contribution in [0.5, 0.6) is 0 Å². The van der Waals surface area contributed by atoms with Gasteiger partial charge in [0, 0.05) is 31.4 Å². The van der Waals surface area contributed by atoms with Crippen LogP contribution < -0.4 is 5.32 Å². The Morgan fingerprint density at radius 3 is 2.67 bits per heavy atom. The van der Waals surface area contributed by atoms with Gasteiger partial charge in [0.25, 0.3) is 0 Å². The van der Waals surface area contributed by atoms with Crippen LogP contribution >= 0.6 is 0 Å². The Bertz CT molecular complexity index is 280. The highest BCUT2D eigenvalue weighted by Crippen LogP contribution is 2.21. The summed E-state index contributed by atoms with van der Waals surface area (Å²) < 4.78 is 2.12. The Labute approximate surface area is 92.9 Å². The lowest BCUT2D eigenvalue weighted by Gasteiger charge is -2.23. The van der Waals surface area contributed by atoms with Crippen molar-refractivity contribution >= 4 is 0 Å². The molecule has 2 atom stereocenters. The fourth-order valence-electron chi connectivity index (χ4n) is 2.01. The molecule has 1 aromatic rings. The van der Waals surface area contributed by atoms with E-state index in [2.05, 4.69) is 42.7 Å². The standard InChI is InChI=1S/C12H23N3/c1-5-7-13-10(3)11(6-2)12-14-8-9-15(12)4/h8-11,13H,5-7H2,1-4H3. The highest BCUT2D eigenvalue weighted by molar-refractivity contribution is 5.03. The van der Waals surface area contributed by atoms with Crippen molar-refractivity contribution in [1.29, 1.82) is 0 Å². The van der Waals surface area contributed by atoms with Crippen LogP contribution in [0, 0.1) is 0 Å². The van der Waals surface area contributed by atoms with Gasteiger partial charge in [-0.05, 0) is 26.3 Å². The summed E-state index contributed by atoms with van der Waals surface area (Å²) in [6.45, 7) is 7.76. The minimum atomic E-state index is 0.496. The summed E-state index contributed by atoms with van der Waals surface area (Å²) in [5.41, 5.74) is 0. The zero-order valence-electron chi connectivity index (χ0n) is 10.3. The Morgan fingerprint density at radius 1 is 1.47 bits per heavy atom. The third-order valence-corrected chi connectivity index (χ3v) is 2.95. The highest BCUT2D eigenvalue weighted by atomic mass is 15.1. The number of aromatic nitrogens is 2. The van der Waals surface area contributed by atoms with Gasteiger partial charge in [-0.1, -0.05) is 13.8 Å². The van der Waals surface area contributed by atoms with Gasteiger partial charge >= 0.3 is 0 Å². The summed E-state index contributed by atoms with van der Waals surface area (Å²) in [5.74, 6) is 1.70. The van der Waals surface area contributed by atoms with Gasteiger partial charge in [-0.3, -0.25) is 0 Å². The van der Waals surface area contributed by atoms with E-state index >= 15 is 0 Å². The molecule has 0 saturated carbocycles. The predicted octanol–water partition coefficient (Wildman–Crippen LogP) is 2.30. The van der Waals surface area contributed by atoms with Crippen LogP contribution in [0.15, 0.2) is 12.4 Å². The van der Waals surface area contributed by atoms with Crippen molar-refractivity contribution in [3.8, 4) is 0 Å². The summed E-state index contributed by atoms with van der Waals surface area (Å²) in [6, 6.07) is 0.496. The molecule has 0 amide bonds. The first kappa shape index (κ1) is 12.2. The molecule has 3 nitrogen and oxygen atoms in total. The Kier molecular flexibility index (Phi) is 4.82. The maximum Gasteiger partial charge on any atom is 0.113 e. The van der Waals surface area contributed by atoms with E-state index in [1.165, 1.54) is 12.2 Å². The second-order valence-corrected chi connectivity index (χ2v) is 4.15. The van der Waals surface area contributed by atoms with Crippen LogP contribution in [0.25, 0.3) is 0 Å². The summed E-state index contributed by atoms with van der Waals surface area (Å²) in [4.78, 5) is 4.44. The second-order valence-electron chi connectivity index (χ2n) is 4.15. The number of imidazole rings is 1. The van der Waals surface area contributed by atoms with Crippen LogP contribution in [0.2, 0.25) is 0 Å². The molecular formula is C12H23N3. The zero-order chi connectivity index (χ0) is 11.3. The molecule has 86 valence electrons. The fourth-order valence-corrected chi connectivity index (χ4v) is 2.01. The third kappa shape index (κ3) is 3.06. The predicted molar refractivity (Wildman–Crippen MR) is 64.0 cm³/mol. The molecule has 0 aliphatic carbocycles. The van der Waals surface area contributed by atoms with Crippen LogP contribution in [0.3, 0.4) is 0 Å². The van der Waals surface area contributed by atoms with Crippen molar-refractivity contribution in [3.63, 3.8) is 0 Å². The first-order valence-corrected chi connectivity index (χ1v) is 5.91. The van der Waals surface area contributed by atoms with E-state index in [9.17, 15) is 0 Å². The maximum absolute atomic E-state index is 4.44. The number of aryl methyl sites for hydroxylation is 1. The minimum absolute atomic E-state index is 0.496. The largest absolute Gasteiger partial charge is 0.338 e. The number of rotatable bonds is 6. The van der Waals surface area contributed by atoms with Crippen LogP contribution in [-0.2, 0) is 7.05 Å². The quantitative estimate of drug-likeness (QED) is 0.779. The van der Waals surface area contributed by atoms with E-state index in [-0.39, 0.29) is 0 Å². The van der Waals surface area contributed by atoms with Crippen molar-refractivity contribution in [2.45, 2.75) is 45.6 Å². The van der Waals surface area contributed by atoms with Gasteiger partial charge < -0.3 is 9.88 Å². The molecule has 0 aliphatic rings. The molecular weight excluding hydrogens is 186 g/mol. The number of hydrogen-bond acceptors (Lipinski definition) is 2. The molecule has 1 heterocycles. The average Bonchev–Trinajstić information content (AvgIpc) is 2.63. The molecule has 0 spiro atoms. The lowest BCUT2D eigenvalue weighted by atomic mass is 9.97. The van der Waals surface area contributed by atoms with Gasteiger partial charge in [0.05, 0.1) is 0 Å². The molecule has 3 heteroatoms. The highest BCUT2D eigenvalue weighted by Gasteiger charge is 2.20. The van der Waals surface area contributed by atoms with Crippen molar-refractivity contribution < 1.29 is 0 Å². The Morgan fingerprint density at radius 2 is 2.20 bits per heavy atom. The normalized spacial score (nSPS) is 15.2. The van der Waals surface area contributed by atoms with Crippen molar-refractivity contribution in [1.82, 2.24) is 14.9 Å². The fraction of sp³-hybridized carbons (Fsp3) is 0.750. The van der Waals surface area contributed by atoms with Gasteiger partial charge in [-0.15, -0.1) is 0 Å². The van der Waals surface area contributed by atoms with Crippen molar-refractivity contribution in [3.05, 3.63) is 18.2 Å². The van der Waals surface area contributed by atoms with Gasteiger partial charge in [0.15, 0.2) is 0 Å². The number of hydrogen-bond donors (Lipinski definition) is 1. The van der Waals surface area contributed by atoms with E-state index < -0.39 is 0 Å². The van der Waals surface area contributed by atoms with E-state index in [4.69, 9.17) is 0 Å². The first-order chi connectivity index (χ1) is 7.20. The van der Waals surface area contributed by atoms with Crippen molar-refractivity contribution in [2.75, 3.05) is 6.54 Å². The Balaban J connectivity index is 2.67. The van der Waals surface area contributed by atoms with E-state index in [1.807, 2.05) is 12.4 Å². The lowest BCUT2D eigenvalue weighted by molar-refractivity contribution is 0.427. The molecule has 0 saturated heterocycles. The van der Waals surface area contributed by atoms with Gasteiger partial charge in [0.1, 0.15) is 5.82 Å². The maximum atomic E-state index is 4.44. The molecule has 0 bridgehead atoms. The van der Waals surface area contributed by atoms with Crippen LogP contribution in [-0.4, -0.2) is 22.1 Å². The van der Waals surface area contributed by atoms with Gasteiger partial charge in [0.2, 0.25) is 0 Å². The summed E-state index contributed by atoms with van der Waals surface area (Å²) >= 11 is 0. The van der Waals surface area contributed by atoms with Crippen LogP contribution in [0.4, 0.5) is 0 Å². The lowest BCUT2D eigenvalue weighted by Crippen LogP contribution is -2.33. The Hall–Kier alpha value is -0.830. The third-order valence-electron chi connectivity index (χ3n) is 2.95. The number of nitrogens with zero attached hydrogens (tertiary/aromatic N) is 2. The molecule has 0 aromatic carbocycles. The molecule has 0 aliphatic heterocycles. The SMILES string of the molecule is CCCNC(C)C(CC)c1nccn1C. The minimum Gasteiger partial charge on any atom is -0.338 e. The van der Waals surface area contributed by atoms with Gasteiger partial charge in [-0.25, -0.2) is 4.98 Å². The molecule has 1 aromatic heterocycles. The first-order valence-electron chi connectivity index (χ1n) is 5.91. The topological polar surface area (TPSA) is 29.9 Å². The van der Waals surface area contributed by atoms with Crippen LogP contribution in [0.1, 0.15) is 45.4 Å². The van der Waals surface area contributed by atoms with Crippen molar-refractivity contribution in [2.24, 2.45) is 7.05 Å². The summed E-state index contributed by atoms with van der Waals surface area (Å²) in [5, 5.41) is 3.55. The summed E-state index contributed by atoms with van der Waals surface area (Å²) in [7, 11) is 2.07. The van der Waals surface area contributed by atoms with E-state index in [0.29, 0.717) is 12.0 Å².